The number of benzene rings is 2. The Morgan fingerprint density at radius 3 is 2.77 bits per heavy atom. The Morgan fingerprint density at radius 2 is 2.00 bits per heavy atom. The third kappa shape index (κ3) is 2.87. The van der Waals surface area contributed by atoms with Crippen molar-refractivity contribution in [3.8, 4) is 0 Å². The number of rotatable bonds is 4. The van der Waals surface area contributed by atoms with Crippen LogP contribution in [-0.4, -0.2) is 11.0 Å². The normalized spacial score (nSPS) is 12.3. The molecule has 4 heteroatoms. The highest BCUT2D eigenvalue weighted by Gasteiger charge is 2.19. The second-order valence-electron chi connectivity index (χ2n) is 5.26. The lowest BCUT2D eigenvalue weighted by atomic mass is 10.1. The molecule has 0 saturated carbocycles. The number of aliphatic hydroxyl groups excluding tert-OH is 1. The van der Waals surface area contributed by atoms with Crippen LogP contribution in [0.1, 0.15) is 24.2 Å². The molecule has 2 N–H and O–H groups in total. The van der Waals surface area contributed by atoms with Gasteiger partial charge < -0.3 is 14.8 Å². The Labute approximate surface area is 128 Å². The summed E-state index contributed by atoms with van der Waals surface area (Å²) >= 11 is 0. The Morgan fingerprint density at radius 1 is 1.18 bits per heavy atom. The first-order valence-corrected chi connectivity index (χ1v) is 7.16. The van der Waals surface area contributed by atoms with Gasteiger partial charge in [0.2, 0.25) is 5.91 Å². The molecule has 0 bridgehead atoms. The summed E-state index contributed by atoms with van der Waals surface area (Å²) in [6.07, 6.45) is 0. The lowest BCUT2D eigenvalue weighted by molar-refractivity contribution is -0.117. The number of anilines is 1. The van der Waals surface area contributed by atoms with Gasteiger partial charge in [0, 0.05) is 11.1 Å². The van der Waals surface area contributed by atoms with E-state index in [9.17, 15) is 4.79 Å². The van der Waals surface area contributed by atoms with E-state index in [0.29, 0.717) is 11.4 Å². The fourth-order valence-corrected chi connectivity index (χ4v) is 2.34. The smallest absolute Gasteiger partial charge is 0.234 e. The molecule has 1 amide bonds. The average Bonchev–Trinajstić information content (AvgIpc) is 2.98. The van der Waals surface area contributed by atoms with E-state index in [1.165, 1.54) is 0 Å². The molecule has 3 rings (SSSR count). The molecule has 0 fully saturated rings. The molecule has 0 aliphatic rings. The molecule has 0 saturated heterocycles. The lowest BCUT2D eigenvalue weighted by Crippen LogP contribution is -2.18. The van der Waals surface area contributed by atoms with Crippen molar-refractivity contribution in [2.24, 2.45) is 0 Å². The van der Waals surface area contributed by atoms with E-state index in [1.807, 2.05) is 37.3 Å². The van der Waals surface area contributed by atoms with Gasteiger partial charge in [-0.15, -0.1) is 0 Å². The molecule has 1 unspecified atom stereocenters. The number of aliphatic hydroxyl groups is 1. The van der Waals surface area contributed by atoms with Gasteiger partial charge >= 0.3 is 0 Å². The van der Waals surface area contributed by atoms with Crippen LogP contribution in [0.15, 0.2) is 59.0 Å². The number of amides is 1. The maximum absolute atomic E-state index is 12.4. The number of hydrogen-bond acceptors (Lipinski definition) is 3. The Hall–Kier alpha value is -2.59. The van der Waals surface area contributed by atoms with Gasteiger partial charge in [0.15, 0.2) is 0 Å². The summed E-state index contributed by atoms with van der Waals surface area (Å²) in [5.74, 6) is 0.0938. The van der Waals surface area contributed by atoms with E-state index in [1.54, 1.807) is 24.3 Å². The Bertz CT molecular complexity index is 774. The van der Waals surface area contributed by atoms with Crippen molar-refractivity contribution in [3.63, 3.8) is 0 Å². The van der Waals surface area contributed by atoms with Crippen molar-refractivity contribution in [2.75, 3.05) is 5.32 Å². The molecule has 0 aliphatic carbocycles. The number of carbonyl (C=O) groups is 1. The molecule has 3 aromatic rings. The van der Waals surface area contributed by atoms with Gasteiger partial charge in [0.05, 0.1) is 12.5 Å². The third-order valence-electron chi connectivity index (χ3n) is 3.64. The van der Waals surface area contributed by atoms with Crippen LogP contribution in [0.5, 0.6) is 0 Å². The quantitative estimate of drug-likeness (QED) is 0.772. The number of carbonyl (C=O) groups excluding carboxylic acids is 1. The van der Waals surface area contributed by atoms with Crippen molar-refractivity contribution in [2.45, 2.75) is 19.4 Å². The van der Waals surface area contributed by atoms with Crippen LogP contribution in [0.2, 0.25) is 0 Å². The number of hydrogen-bond donors (Lipinski definition) is 2. The van der Waals surface area contributed by atoms with Gasteiger partial charge in [0.1, 0.15) is 11.3 Å². The summed E-state index contributed by atoms with van der Waals surface area (Å²) in [5, 5.41) is 13.0. The van der Waals surface area contributed by atoms with Crippen LogP contribution in [0.4, 0.5) is 5.69 Å². The maximum atomic E-state index is 12.4. The number of nitrogens with one attached hydrogen (secondary N) is 1. The fourth-order valence-electron chi connectivity index (χ4n) is 2.34. The Balaban J connectivity index is 1.78. The molecule has 4 nitrogen and oxygen atoms in total. The average molecular weight is 295 g/mol. The van der Waals surface area contributed by atoms with E-state index in [4.69, 9.17) is 9.52 Å². The molecule has 1 heterocycles. The van der Waals surface area contributed by atoms with Crippen molar-refractivity contribution in [1.82, 2.24) is 0 Å². The van der Waals surface area contributed by atoms with E-state index in [-0.39, 0.29) is 12.5 Å². The van der Waals surface area contributed by atoms with Crippen molar-refractivity contribution < 1.29 is 14.3 Å². The molecule has 0 radical (unpaired) electrons. The molecule has 0 aliphatic heterocycles. The first kappa shape index (κ1) is 14.4. The second kappa shape index (κ2) is 6.03. The summed E-state index contributed by atoms with van der Waals surface area (Å²) in [6.45, 7) is 1.76. The first-order valence-electron chi connectivity index (χ1n) is 7.16. The minimum absolute atomic E-state index is 0.0527. The van der Waals surface area contributed by atoms with Crippen LogP contribution >= 0.6 is 0 Å². The van der Waals surface area contributed by atoms with E-state index in [0.717, 1.165) is 16.5 Å². The maximum Gasteiger partial charge on any atom is 0.234 e. The minimum atomic E-state index is -0.398. The van der Waals surface area contributed by atoms with Gasteiger partial charge in [-0.2, -0.15) is 0 Å². The van der Waals surface area contributed by atoms with Crippen LogP contribution in [0, 0.1) is 0 Å². The number of fused-ring (bicyclic) bond motifs is 1. The molecule has 2 aromatic carbocycles. The summed E-state index contributed by atoms with van der Waals surface area (Å²) < 4.78 is 5.73. The van der Waals surface area contributed by atoms with E-state index < -0.39 is 5.92 Å². The van der Waals surface area contributed by atoms with Crippen molar-refractivity contribution >= 4 is 22.6 Å². The van der Waals surface area contributed by atoms with Gasteiger partial charge in [0.25, 0.3) is 0 Å². The molecular weight excluding hydrogens is 278 g/mol. The topological polar surface area (TPSA) is 62.5 Å². The minimum Gasteiger partial charge on any atom is -0.460 e. The summed E-state index contributed by atoms with van der Waals surface area (Å²) in [6, 6.07) is 16.7. The molecule has 0 spiro atoms. The van der Waals surface area contributed by atoms with E-state index >= 15 is 0 Å². The second-order valence-corrected chi connectivity index (χ2v) is 5.26. The molecule has 1 aromatic heterocycles. The van der Waals surface area contributed by atoms with Crippen molar-refractivity contribution in [3.05, 3.63) is 65.9 Å². The van der Waals surface area contributed by atoms with Gasteiger partial charge in [-0.25, -0.2) is 0 Å². The highest BCUT2D eigenvalue weighted by atomic mass is 16.3. The van der Waals surface area contributed by atoms with Gasteiger partial charge in [-0.3, -0.25) is 4.79 Å². The van der Waals surface area contributed by atoms with Crippen LogP contribution in [-0.2, 0) is 11.4 Å². The van der Waals surface area contributed by atoms with Crippen LogP contribution < -0.4 is 5.32 Å². The third-order valence-corrected chi connectivity index (χ3v) is 3.64. The summed E-state index contributed by atoms with van der Waals surface area (Å²) in [7, 11) is 0. The van der Waals surface area contributed by atoms with Gasteiger partial charge in [-0.05, 0) is 36.8 Å². The lowest BCUT2D eigenvalue weighted by Gasteiger charge is -2.10. The van der Waals surface area contributed by atoms with Crippen LogP contribution in [0.25, 0.3) is 11.0 Å². The monoisotopic (exact) mass is 295 g/mol. The summed E-state index contributed by atoms with van der Waals surface area (Å²) in [4.78, 5) is 12.4. The number of para-hydroxylation sites is 1. The highest BCUT2D eigenvalue weighted by molar-refractivity contribution is 5.96. The zero-order valence-electron chi connectivity index (χ0n) is 12.2. The SMILES string of the molecule is CC(C(=O)Nc1cccc(CO)c1)c1cc2ccccc2o1. The fraction of sp³-hybridized carbons (Fsp3) is 0.167. The Kier molecular flexibility index (Phi) is 3.94. The first-order chi connectivity index (χ1) is 10.7. The molecule has 22 heavy (non-hydrogen) atoms. The largest absolute Gasteiger partial charge is 0.460 e. The summed E-state index contributed by atoms with van der Waals surface area (Å²) in [5.41, 5.74) is 2.20. The standard InChI is InChI=1S/C18H17NO3/c1-12(17-10-14-6-2-3-8-16(14)22-17)18(21)19-15-7-4-5-13(9-15)11-20/h2-10,12,20H,11H2,1H3,(H,19,21). The highest BCUT2D eigenvalue weighted by Crippen LogP contribution is 2.26. The predicted octanol–water partition coefficient (Wildman–Crippen LogP) is 3.67. The van der Waals surface area contributed by atoms with Gasteiger partial charge in [-0.1, -0.05) is 30.3 Å². The molecular formula is C18H17NO3. The van der Waals surface area contributed by atoms with Crippen LogP contribution in [0.3, 0.4) is 0 Å². The van der Waals surface area contributed by atoms with Crippen molar-refractivity contribution in [1.29, 1.82) is 0 Å². The zero-order valence-corrected chi connectivity index (χ0v) is 12.2. The predicted molar refractivity (Wildman–Crippen MR) is 85.6 cm³/mol. The number of furan rings is 1. The molecule has 1 atom stereocenters. The molecule has 112 valence electrons. The van der Waals surface area contributed by atoms with E-state index in [2.05, 4.69) is 5.32 Å². The zero-order chi connectivity index (χ0) is 15.5.